The summed E-state index contributed by atoms with van der Waals surface area (Å²) >= 11 is 0. The number of carbonyl (C=O) groups is 1. The summed E-state index contributed by atoms with van der Waals surface area (Å²) in [6, 6.07) is 8.22. The summed E-state index contributed by atoms with van der Waals surface area (Å²) in [6.45, 7) is 6.32. The van der Waals surface area contributed by atoms with Gasteiger partial charge in [-0.2, -0.15) is 0 Å². The molecule has 124 valence electrons. The molecule has 0 aromatic heterocycles. The zero-order valence-corrected chi connectivity index (χ0v) is 14.2. The van der Waals surface area contributed by atoms with E-state index in [1.54, 1.807) is 0 Å². The Labute approximate surface area is 139 Å². The molecule has 0 bridgehead atoms. The van der Waals surface area contributed by atoms with E-state index >= 15 is 0 Å². The fourth-order valence-electron chi connectivity index (χ4n) is 2.63. The van der Waals surface area contributed by atoms with Gasteiger partial charge in [-0.15, -0.1) is 12.4 Å². The van der Waals surface area contributed by atoms with Crippen LogP contribution in [0, 0.1) is 0 Å². The van der Waals surface area contributed by atoms with Crippen LogP contribution in [0.3, 0.4) is 0 Å². The summed E-state index contributed by atoms with van der Waals surface area (Å²) in [5.74, 6) is 1.22. The quantitative estimate of drug-likeness (QED) is 0.845. The molecule has 0 aliphatic carbocycles. The molecule has 1 saturated heterocycles. The van der Waals surface area contributed by atoms with E-state index < -0.39 is 0 Å². The molecule has 2 N–H and O–H groups in total. The van der Waals surface area contributed by atoms with Crippen LogP contribution in [0.4, 0.5) is 0 Å². The van der Waals surface area contributed by atoms with Gasteiger partial charge >= 0.3 is 0 Å². The van der Waals surface area contributed by atoms with Crippen LogP contribution in [0.25, 0.3) is 0 Å². The Hall–Kier alpha value is -1.26. The third kappa shape index (κ3) is 5.50. The van der Waals surface area contributed by atoms with E-state index in [0.29, 0.717) is 5.92 Å². The van der Waals surface area contributed by atoms with E-state index in [1.807, 2.05) is 18.2 Å². The first-order chi connectivity index (χ1) is 10.2. The Morgan fingerprint density at radius 3 is 2.91 bits per heavy atom. The van der Waals surface area contributed by atoms with Gasteiger partial charge < -0.3 is 15.4 Å². The molecule has 2 atom stereocenters. The van der Waals surface area contributed by atoms with Gasteiger partial charge in [-0.05, 0) is 43.4 Å². The fraction of sp³-hybridized carbons (Fsp3) is 0.588. The van der Waals surface area contributed by atoms with Gasteiger partial charge in [0, 0.05) is 12.6 Å². The largest absolute Gasteiger partial charge is 0.483 e. The van der Waals surface area contributed by atoms with Crippen molar-refractivity contribution in [1.82, 2.24) is 10.6 Å². The summed E-state index contributed by atoms with van der Waals surface area (Å²) in [5, 5.41) is 6.32. The van der Waals surface area contributed by atoms with Crippen molar-refractivity contribution in [3.63, 3.8) is 0 Å². The molecule has 0 saturated carbocycles. The molecule has 1 amide bonds. The number of nitrogens with one attached hydrogen (secondary N) is 2. The van der Waals surface area contributed by atoms with Crippen LogP contribution in [-0.4, -0.2) is 31.6 Å². The van der Waals surface area contributed by atoms with Gasteiger partial charge in [-0.1, -0.05) is 32.0 Å². The molecular weight excluding hydrogens is 300 g/mol. The maximum absolute atomic E-state index is 12.0. The summed E-state index contributed by atoms with van der Waals surface area (Å²) < 4.78 is 5.73. The second-order valence-electron chi connectivity index (χ2n) is 5.75. The fourth-order valence-corrected chi connectivity index (χ4v) is 2.63. The topological polar surface area (TPSA) is 50.4 Å². The van der Waals surface area contributed by atoms with E-state index in [2.05, 4.69) is 30.5 Å². The number of para-hydroxylation sites is 1. The van der Waals surface area contributed by atoms with E-state index in [4.69, 9.17) is 4.74 Å². The van der Waals surface area contributed by atoms with Gasteiger partial charge in [0.25, 0.3) is 5.91 Å². The SMILES string of the molecule is CCC(C)c1ccccc1OCC(=O)NC1CCCNC1.Cl. The van der Waals surface area contributed by atoms with Crippen molar-refractivity contribution >= 4 is 18.3 Å². The second kappa shape index (κ2) is 9.70. The monoisotopic (exact) mass is 326 g/mol. The molecule has 1 aliphatic heterocycles. The van der Waals surface area contributed by atoms with Crippen LogP contribution in [0.5, 0.6) is 5.75 Å². The molecule has 22 heavy (non-hydrogen) atoms. The van der Waals surface area contributed by atoms with E-state index in [9.17, 15) is 4.79 Å². The smallest absolute Gasteiger partial charge is 0.258 e. The molecule has 2 unspecified atom stereocenters. The summed E-state index contributed by atoms with van der Waals surface area (Å²) in [6.07, 6.45) is 3.21. The lowest BCUT2D eigenvalue weighted by molar-refractivity contribution is -0.123. The number of piperidine rings is 1. The lowest BCUT2D eigenvalue weighted by Gasteiger charge is -2.24. The van der Waals surface area contributed by atoms with Crippen LogP contribution >= 0.6 is 12.4 Å². The van der Waals surface area contributed by atoms with Crippen molar-refractivity contribution in [2.75, 3.05) is 19.7 Å². The van der Waals surface area contributed by atoms with Gasteiger partial charge in [0.2, 0.25) is 0 Å². The zero-order chi connectivity index (χ0) is 15.1. The average molecular weight is 327 g/mol. The van der Waals surface area contributed by atoms with Crippen LogP contribution in [0.2, 0.25) is 0 Å². The van der Waals surface area contributed by atoms with Crippen molar-refractivity contribution in [3.05, 3.63) is 29.8 Å². The Kier molecular flexibility index (Phi) is 8.28. The van der Waals surface area contributed by atoms with Crippen molar-refractivity contribution < 1.29 is 9.53 Å². The Bertz CT molecular complexity index is 462. The number of benzene rings is 1. The first kappa shape index (κ1) is 18.8. The van der Waals surface area contributed by atoms with Crippen molar-refractivity contribution in [2.45, 2.75) is 45.1 Å². The molecular formula is C17H27ClN2O2. The molecule has 2 rings (SSSR count). The Morgan fingerprint density at radius 2 is 2.23 bits per heavy atom. The predicted molar refractivity (Wildman–Crippen MR) is 91.9 cm³/mol. The highest BCUT2D eigenvalue weighted by molar-refractivity contribution is 5.85. The minimum Gasteiger partial charge on any atom is -0.483 e. The molecule has 5 heteroatoms. The summed E-state index contributed by atoms with van der Waals surface area (Å²) in [7, 11) is 0. The van der Waals surface area contributed by atoms with E-state index in [0.717, 1.165) is 38.1 Å². The first-order valence-electron chi connectivity index (χ1n) is 7.92. The summed E-state index contributed by atoms with van der Waals surface area (Å²) in [5.41, 5.74) is 1.17. The minimum atomic E-state index is -0.0392. The van der Waals surface area contributed by atoms with Crippen molar-refractivity contribution in [2.24, 2.45) is 0 Å². The molecule has 1 aromatic rings. The number of hydrogen-bond donors (Lipinski definition) is 2. The molecule has 0 radical (unpaired) electrons. The molecule has 0 spiro atoms. The number of carbonyl (C=O) groups excluding carboxylic acids is 1. The van der Waals surface area contributed by atoms with Crippen LogP contribution in [-0.2, 0) is 4.79 Å². The minimum absolute atomic E-state index is 0. The number of rotatable bonds is 6. The number of hydrogen-bond acceptors (Lipinski definition) is 3. The normalized spacial score (nSPS) is 18.9. The van der Waals surface area contributed by atoms with Crippen LogP contribution in [0.15, 0.2) is 24.3 Å². The van der Waals surface area contributed by atoms with Crippen molar-refractivity contribution in [1.29, 1.82) is 0 Å². The Balaban J connectivity index is 0.00000242. The highest BCUT2D eigenvalue weighted by Crippen LogP contribution is 2.28. The lowest BCUT2D eigenvalue weighted by atomic mass is 9.98. The van der Waals surface area contributed by atoms with Gasteiger partial charge in [-0.25, -0.2) is 0 Å². The van der Waals surface area contributed by atoms with Gasteiger partial charge in [0.05, 0.1) is 0 Å². The third-order valence-electron chi connectivity index (χ3n) is 4.08. The predicted octanol–water partition coefficient (Wildman–Crippen LogP) is 2.87. The third-order valence-corrected chi connectivity index (χ3v) is 4.08. The molecule has 1 aromatic carbocycles. The first-order valence-corrected chi connectivity index (χ1v) is 7.92. The van der Waals surface area contributed by atoms with Crippen LogP contribution in [0.1, 0.15) is 44.6 Å². The zero-order valence-electron chi connectivity index (χ0n) is 13.4. The number of halogens is 1. The molecule has 1 aliphatic rings. The highest BCUT2D eigenvalue weighted by atomic mass is 35.5. The summed E-state index contributed by atoms with van der Waals surface area (Å²) in [4.78, 5) is 12.0. The molecule has 1 fully saturated rings. The average Bonchev–Trinajstić information content (AvgIpc) is 2.53. The standard InChI is InChI=1S/C17H26N2O2.ClH/c1-3-13(2)15-8-4-5-9-16(15)21-12-17(20)19-14-7-6-10-18-11-14;/h4-5,8-9,13-14,18H,3,6-7,10-12H2,1-2H3,(H,19,20);1H. The second-order valence-corrected chi connectivity index (χ2v) is 5.75. The molecule has 1 heterocycles. The lowest BCUT2D eigenvalue weighted by Crippen LogP contribution is -2.47. The maximum Gasteiger partial charge on any atom is 0.258 e. The van der Waals surface area contributed by atoms with Crippen molar-refractivity contribution in [3.8, 4) is 5.75 Å². The maximum atomic E-state index is 12.0. The van der Waals surface area contributed by atoms with E-state index in [1.165, 1.54) is 5.56 Å². The highest BCUT2D eigenvalue weighted by Gasteiger charge is 2.16. The number of amides is 1. The molecule has 4 nitrogen and oxygen atoms in total. The Morgan fingerprint density at radius 1 is 1.45 bits per heavy atom. The van der Waals surface area contributed by atoms with Gasteiger partial charge in [-0.3, -0.25) is 4.79 Å². The number of ether oxygens (including phenoxy) is 1. The van der Waals surface area contributed by atoms with Gasteiger partial charge in [0.15, 0.2) is 6.61 Å². The van der Waals surface area contributed by atoms with E-state index in [-0.39, 0.29) is 31.0 Å². The van der Waals surface area contributed by atoms with Crippen LogP contribution < -0.4 is 15.4 Å². The van der Waals surface area contributed by atoms with Gasteiger partial charge in [0.1, 0.15) is 5.75 Å².